The highest BCUT2D eigenvalue weighted by molar-refractivity contribution is 5.83. The fourth-order valence-electron chi connectivity index (χ4n) is 1.89. The predicted octanol–water partition coefficient (Wildman–Crippen LogP) is 1.36. The maximum absolute atomic E-state index is 13.9. The molecule has 1 rings (SSSR count). The summed E-state index contributed by atoms with van der Waals surface area (Å²) in [6.07, 6.45) is 0. The summed E-state index contributed by atoms with van der Waals surface area (Å²) < 4.78 is 19.0. The Balaban J connectivity index is 2.99. The molecule has 9 heteroatoms. The average Bonchev–Trinajstić information content (AvgIpc) is 2.45. The van der Waals surface area contributed by atoms with Gasteiger partial charge in [-0.05, 0) is 26.8 Å². The van der Waals surface area contributed by atoms with Crippen molar-refractivity contribution in [2.75, 3.05) is 13.1 Å². The molecule has 0 spiro atoms. The van der Waals surface area contributed by atoms with Crippen LogP contribution in [0.1, 0.15) is 26.3 Å². The highest BCUT2D eigenvalue weighted by Crippen LogP contribution is 2.19. The van der Waals surface area contributed by atoms with Gasteiger partial charge in [-0.2, -0.15) is 0 Å². The minimum atomic E-state index is -0.745. The van der Waals surface area contributed by atoms with Crippen LogP contribution in [0.25, 0.3) is 0 Å². The molecule has 0 heterocycles. The Labute approximate surface area is 138 Å². The summed E-state index contributed by atoms with van der Waals surface area (Å²) >= 11 is 0. The lowest BCUT2D eigenvalue weighted by atomic mass is 10.1. The smallest absolute Gasteiger partial charge is 0.326 e. The van der Waals surface area contributed by atoms with Crippen molar-refractivity contribution in [3.05, 3.63) is 39.7 Å². The van der Waals surface area contributed by atoms with Gasteiger partial charge in [0.05, 0.1) is 11.5 Å². The highest BCUT2D eigenvalue weighted by atomic mass is 19.1. The van der Waals surface area contributed by atoms with Gasteiger partial charge in [-0.25, -0.2) is 4.39 Å². The second-order valence-corrected chi connectivity index (χ2v) is 6.07. The maximum Gasteiger partial charge on any atom is 0.326 e. The molecule has 0 aliphatic rings. The Morgan fingerprint density at radius 1 is 1.38 bits per heavy atom. The molecule has 0 saturated carbocycles. The lowest BCUT2D eigenvalue weighted by Gasteiger charge is -2.25. The Morgan fingerprint density at radius 3 is 2.50 bits per heavy atom. The Kier molecular flexibility index (Phi) is 6.35. The normalized spacial score (nSPS) is 11.0. The molecule has 2 N–H and O–H groups in total. The molecule has 0 radical (unpaired) electrons. The van der Waals surface area contributed by atoms with E-state index in [1.165, 1.54) is 0 Å². The molecule has 0 bridgehead atoms. The van der Waals surface area contributed by atoms with Gasteiger partial charge in [0.1, 0.15) is 18.0 Å². The van der Waals surface area contributed by atoms with Crippen LogP contribution in [0.15, 0.2) is 18.2 Å². The molecule has 0 aromatic heterocycles. The molecule has 1 aromatic rings. The number of nitro benzene ring substituents is 1. The van der Waals surface area contributed by atoms with Crippen molar-refractivity contribution in [1.29, 1.82) is 0 Å². The molecule has 0 atom stereocenters. The first-order valence-electron chi connectivity index (χ1n) is 7.16. The lowest BCUT2D eigenvalue weighted by Crippen LogP contribution is -2.41. The number of nitro groups is 1. The average molecular weight is 341 g/mol. The number of carbonyl (C=O) groups is 2. The van der Waals surface area contributed by atoms with E-state index in [2.05, 4.69) is 0 Å². The van der Waals surface area contributed by atoms with Gasteiger partial charge in [0.25, 0.3) is 5.69 Å². The summed E-state index contributed by atoms with van der Waals surface area (Å²) in [5.74, 6) is -2.01. The summed E-state index contributed by atoms with van der Waals surface area (Å²) in [4.78, 5) is 34.9. The van der Waals surface area contributed by atoms with E-state index in [1.807, 2.05) is 0 Å². The van der Waals surface area contributed by atoms with Gasteiger partial charge >= 0.3 is 5.97 Å². The fourth-order valence-corrected chi connectivity index (χ4v) is 1.89. The number of halogens is 1. The second kappa shape index (κ2) is 7.82. The van der Waals surface area contributed by atoms with Crippen LogP contribution in [0.2, 0.25) is 0 Å². The lowest BCUT2D eigenvalue weighted by molar-refractivity contribution is -0.385. The number of ether oxygens (including phenoxy) is 1. The molecule has 1 amide bonds. The van der Waals surface area contributed by atoms with Gasteiger partial charge in [0.2, 0.25) is 5.91 Å². The van der Waals surface area contributed by atoms with E-state index in [1.54, 1.807) is 20.8 Å². The fraction of sp³-hybridized carbons (Fsp3) is 0.467. The molecule has 8 nitrogen and oxygen atoms in total. The summed E-state index contributed by atoms with van der Waals surface area (Å²) in [5.41, 5.74) is 4.15. The van der Waals surface area contributed by atoms with E-state index in [4.69, 9.17) is 10.5 Å². The van der Waals surface area contributed by atoms with Crippen molar-refractivity contribution in [2.45, 2.75) is 32.9 Å². The molecule has 0 unspecified atom stereocenters. The first-order valence-corrected chi connectivity index (χ1v) is 7.16. The third-order valence-electron chi connectivity index (χ3n) is 2.87. The number of hydrogen-bond acceptors (Lipinski definition) is 6. The van der Waals surface area contributed by atoms with Crippen LogP contribution in [0, 0.1) is 15.9 Å². The zero-order chi connectivity index (χ0) is 18.5. The standard InChI is InChI=1S/C15H20FN3O5/c1-15(2,3)24-14(21)9-18(13(20)7-17)8-10-6-11(19(22)23)4-5-12(10)16/h4-6H,7-9,17H2,1-3H3. The van der Waals surface area contributed by atoms with Crippen molar-refractivity contribution in [2.24, 2.45) is 5.73 Å². The molecular formula is C15H20FN3O5. The number of nitrogens with two attached hydrogens (primary N) is 1. The number of rotatable bonds is 6. The molecule has 0 saturated heterocycles. The monoisotopic (exact) mass is 341 g/mol. The Hall–Kier alpha value is -2.55. The third kappa shape index (κ3) is 5.92. The number of benzene rings is 1. The maximum atomic E-state index is 13.9. The minimum Gasteiger partial charge on any atom is -0.459 e. The van der Waals surface area contributed by atoms with Gasteiger partial charge < -0.3 is 15.4 Å². The summed E-state index contributed by atoms with van der Waals surface area (Å²) in [6, 6.07) is 2.97. The van der Waals surface area contributed by atoms with Gasteiger partial charge in [0.15, 0.2) is 0 Å². The van der Waals surface area contributed by atoms with Crippen LogP contribution in [0.5, 0.6) is 0 Å². The molecule has 0 fully saturated rings. The second-order valence-electron chi connectivity index (χ2n) is 6.07. The number of carbonyl (C=O) groups excluding carboxylic acids is 2. The topological polar surface area (TPSA) is 116 Å². The number of amides is 1. The molecular weight excluding hydrogens is 321 g/mol. The Bertz CT molecular complexity index is 642. The van der Waals surface area contributed by atoms with E-state index in [-0.39, 0.29) is 24.3 Å². The number of hydrogen-bond donors (Lipinski definition) is 1. The highest BCUT2D eigenvalue weighted by Gasteiger charge is 2.23. The molecule has 0 aliphatic heterocycles. The zero-order valence-electron chi connectivity index (χ0n) is 13.7. The summed E-state index contributed by atoms with van der Waals surface area (Å²) in [6.45, 7) is 3.85. The quantitative estimate of drug-likeness (QED) is 0.474. The van der Waals surface area contributed by atoms with E-state index in [0.717, 1.165) is 23.1 Å². The van der Waals surface area contributed by atoms with Crippen LogP contribution >= 0.6 is 0 Å². The number of nitrogens with zero attached hydrogens (tertiary/aromatic N) is 2. The number of esters is 1. The van der Waals surface area contributed by atoms with Crippen molar-refractivity contribution in [3.8, 4) is 0 Å². The molecule has 24 heavy (non-hydrogen) atoms. The molecule has 0 aliphatic carbocycles. The zero-order valence-corrected chi connectivity index (χ0v) is 13.7. The van der Waals surface area contributed by atoms with E-state index < -0.39 is 34.8 Å². The van der Waals surface area contributed by atoms with Gasteiger partial charge in [-0.3, -0.25) is 19.7 Å². The van der Waals surface area contributed by atoms with Crippen molar-refractivity contribution < 1.29 is 23.6 Å². The molecule has 132 valence electrons. The van der Waals surface area contributed by atoms with Gasteiger partial charge in [-0.1, -0.05) is 0 Å². The van der Waals surface area contributed by atoms with Crippen LogP contribution in [0.3, 0.4) is 0 Å². The SMILES string of the molecule is CC(C)(C)OC(=O)CN(Cc1cc([N+](=O)[O-])ccc1F)C(=O)CN. The van der Waals surface area contributed by atoms with Crippen LogP contribution in [0.4, 0.5) is 10.1 Å². The first kappa shape index (κ1) is 19.5. The van der Waals surface area contributed by atoms with Crippen LogP contribution in [-0.2, 0) is 20.9 Å². The van der Waals surface area contributed by atoms with Crippen molar-refractivity contribution in [1.82, 2.24) is 4.90 Å². The summed E-state index contributed by atoms with van der Waals surface area (Å²) in [5, 5.41) is 10.8. The van der Waals surface area contributed by atoms with Crippen molar-refractivity contribution >= 4 is 17.6 Å². The van der Waals surface area contributed by atoms with Gasteiger partial charge in [-0.15, -0.1) is 0 Å². The number of non-ortho nitro benzene ring substituents is 1. The Morgan fingerprint density at radius 2 is 2.00 bits per heavy atom. The third-order valence-corrected chi connectivity index (χ3v) is 2.87. The minimum absolute atomic E-state index is 0.0884. The predicted molar refractivity (Wildman–Crippen MR) is 83.4 cm³/mol. The van der Waals surface area contributed by atoms with Crippen LogP contribution < -0.4 is 5.73 Å². The first-order chi connectivity index (χ1) is 11.0. The largest absolute Gasteiger partial charge is 0.459 e. The van der Waals surface area contributed by atoms with Crippen LogP contribution in [-0.4, -0.2) is 40.4 Å². The van der Waals surface area contributed by atoms with Crippen molar-refractivity contribution in [3.63, 3.8) is 0 Å². The molecule has 1 aromatic carbocycles. The van der Waals surface area contributed by atoms with Gasteiger partial charge in [0, 0.05) is 24.2 Å². The van der Waals surface area contributed by atoms with E-state index in [0.29, 0.717) is 0 Å². The van der Waals surface area contributed by atoms with E-state index >= 15 is 0 Å². The van der Waals surface area contributed by atoms with E-state index in [9.17, 15) is 24.1 Å². The summed E-state index contributed by atoms with van der Waals surface area (Å²) in [7, 11) is 0.